The number of morpholine rings is 1. The van der Waals surface area contributed by atoms with Gasteiger partial charge in [-0.3, -0.25) is 14.6 Å². The lowest BCUT2D eigenvalue weighted by Crippen LogP contribution is -2.50. The number of amides is 1. The number of carbonyl (C=O) groups is 1. The van der Waals surface area contributed by atoms with Gasteiger partial charge in [0.25, 0.3) is 0 Å². The minimum Gasteiger partial charge on any atom is -0.373 e. The van der Waals surface area contributed by atoms with E-state index in [1.54, 1.807) is 12.1 Å². The van der Waals surface area contributed by atoms with Crippen molar-refractivity contribution in [3.05, 3.63) is 24.3 Å². The Balaban J connectivity index is 1.49. The lowest BCUT2D eigenvalue weighted by atomic mass is 10.1. The number of hydrogen-bond donors (Lipinski definition) is 2. The smallest absolute Gasteiger partial charge is 0.238 e. The van der Waals surface area contributed by atoms with Crippen molar-refractivity contribution >= 4 is 21.6 Å². The first-order valence-electron chi connectivity index (χ1n) is 10.3. The molecule has 29 heavy (non-hydrogen) atoms. The molecule has 2 fully saturated rings. The molecular weight excluding hydrogens is 392 g/mol. The third-order valence-electron chi connectivity index (χ3n) is 5.54. The molecule has 2 aliphatic rings. The summed E-state index contributed by atoms with van der Waals surface area (Å²) in [7, 11) is -3.79. The van der Waals surface area contributed by atoms with Gasteiger partial charge in [0.1, 0.15) is 0 Å². The molecule has 2 saturated heterocycles. The van der Waals surface area contributed by atoms with E-state index in [0.29, 0.717) is 24.7 Å². The Morgan fingerprint density at radius 1 is 1.28 bits per heavy atom. The van der Waals surface area contributed by atoms with E-state index in [9.17, 15) is 13.2 Å². The fourth-order valence-electron chi connectivity index (χ4n) is 4.35. The summed E-state index contributed by atoms with van der Waals surface area (Å²) in [5.41, 5.74) is 0.441. The average Bonchev–Trinajstić information content (AvgIpc) is 3.05. The van der Waals surface area contributed by atoms with Crippen molar-refractivity contribution in [1.29, 1.82) is 0 Å². The predicted molar refractivity (Wildman–Crippen MR) is 112 cm³/mol. The molecule has 3 N–H and O–H groups in total. The van der Waals surface area contributed by atoms with Crippen LogP contribution in [0.2, 0.25) is 0 Å². The van der Waals surface area contributed by atoms with E-state index in [1.807, 2.05) is 0 Å². The van der Waals surface area contributed by atoms with E-state index in [2.05, 4.69) is 29.0 Å². The molecule has 1 aromatic rings. The standard InChI is InChI=1S/C20H32N4O4S/c1-15-12-23(13-16(2)28-15)14-18-6-4-9-24(18)10-8-20(25)22-17-5-3-7-19(11-17)29(21,26)27/h3,5,7,11,15-16,18H,4,6,8-10,12-14H2,1-2H3,(H,22,25)(H2,21,26,27). The Labute approximate surface area is 173 Å². The number of nitrogens with two attached hydrogens (primary N) is 1. The van der Waals surface area contributed by atoms with Gasteiger partial charge in [-0.1, -0.05) is 6.07 Å². The Morgan fingerprint density at radius 2 is 2.00 bits per heavy atom. The highest BCUT2D eigenvalue weighted by Crippen LogP contribution is 2.21. The van der Waals surface area contributed by atoms with Crippen LogP contribution in [-0.4, -0.2) is 75.1 Å². The van der Waals surface area contributed by atoms with Gasteiger partial charge in [0.15, 0.2) is 0 Å². The molecule has 9 heteroatoms. The van der Waals surface area contributed by atoms with E-state index in [0.717, 1.165) is 39.0 Å². The van der Waals surface area contributed by atoms with Crippen molar-refractivity contribution in [3.8, 4) is 0 Å². The van der Waals surface area contributed by atoms with Crippen molar-refractivity contribution in [2.45, 2.75) is 56.3 Å². The van der Waals surface area contributed by atoms with Gasteiger partial charge >= 0.3 is 0 Å². The number of nitrogens with one attached hydrogen (secondary N) is 1. The van der Waals surface area contributed by atoms with Crippen LogP contribution in [0, 0.1) is 0 Å². The highest BCUT2D eigenvalue weighted by molar-refractivity contribution is 7.89. The summed E-state index contributed by atoms with van der Waals surface area (Å²) in [6.45, 7) is 8.85. The SMILES string of the molecule is CC1CN(CC2CCCN2CCC(=O)Nc2cccc(S(N)(=O)=O)c2)CC(C)O1. The number of likely N-dealkylation sites (tertiary alicyclic amines) is 1. The minimum atomic E-state index is -3.79. The van der Waals surface area contributed by atoms with Gasteiger partial charge in [-0.25, -0.2) is 13.6 Å². The number of benzene rings is 1. The van der Waals surface area contributed by atoms with Gasteiger partial charge < -0.3 is 10.1 Å². The van der Waals surface area contributed by atoms with Crippen LogP contribution in [0.15, 0.2) is 29.2 Å². The second-order valence-electron chi connectivity index (χ2n) is 8.18. The van der Waals surface area contributed by atoms with Gasteiger partial charge in [0.2, 0.25) is 15.9 Å². The van der Waals surface area contributed by atoms with E-state index >= 15 is 0 Å². The molecule has 162 valence electrons. The quantitative estimate of drug-likeness (QED) is 0.682. The molecule has 3 atom stereocenters. The first kappa shape index (κ1) is 22.2. The Hall–Kier alpha value is -1.52. The van der Waals surface area contributed by atoms with Crippen LogP contribution in [0.4, 0.5) is 5.69 Å². The van der Waals surface area contributed by atoms with Crippen molar-refractivity contribution in [3.63, 3.8) is 0 Å². The summed E-state index contributed by atoms with van der Waals surface area (Å²) >= 11 is 0. The molecule has 3 unspecified atom stereocenters. The maximum absolute atomic E-state index is 12.4. The lowest BCUT2D eigenvalue weighted by Gasteiger charge is -2.38. The van der Waals surface area contributed by atoms with Crippen molar-refractivity contribution in [2.75, 3.05) is 38.0 Å². The Morgan fingerprint density at radius 3 is 2.69 bits per heavy atom. The van der Waals surface area contributed by atoms with Crippen molar-refractivity contribution in [2.24, 2.45) is 5.14 Å². The van der Waals surface area contributed by atoms with E-state index in [4.69, 9.17) is 9.88 Å². The molecule has 8 nitrogen and oxygen atoms in total. The predicted octanol–water partition coefficient (Wildman–Crippen LogP) is 1.24. The maximum atomic E-state index is 12.4. The summed E-state index contributed by atoms with van der Waals surface area (Å²) in [6.07, 6.45) is 3.18. The molecule has 0 saturated carbocycles. The first-order valence-corrected chi connectivity index (χ1v) is 11.8. The van der Waals surface area contributed by atoms with Gasteiger partial charge in [0.05, 0.1) is 17.1 Å². The summed E-state index contributed by atoms with van der Waals surface area (Å²) in [5.74, 6) is -0.129. The van der Waals surface area contributed by atoms with Crippen LogP contribution in [0.5, 0.6) is 0 Å². The van der Waals surface area contributed by atoms with Gasteiger partial charge in [-0.05, 0) is 51.4 Å². The summed E-state index contributed by atoms with van der Waals surface area (Å²) < 4.78 is 28.7. The van der Waals surface area contributed by atoms with Crippen LogP contribution < -0.4 is 10.5 Å². The van der Waals surface area contributed by atoms with E-state index in [1.165, 1.54) is 12.1 Å². The highest BCUT2D eigenvalue weighted by Gasteiger charge is 2.30. The fraction of sp³-hybridized carbons (Fsp3) is 0.650. The maximum Gasteiger partial charge on any atom is 0.238 e. The van der Waals surface area contributed by atoms with Crippen molar-refractivity contribution in [1.82, 2.24) is 9.80 Å². The number of ether oxygens (including phenoxy) is 1. The molecule has 1 aromatic carbocycles. The number of anilines is 1. The third kappa shape index (κ3) is 6.48. The van der Waals surface area contributed by atoms with Crippen LogP contribution in [-0.2, 0) is 19.6 Å². The molecule has 0 spiro atoms. The van der Waals surface area contributed by atoms with Gasteiger partial charge in [-0.2, -0.15) is 0 Å². The van der Waals surface area contributed by atoms with Gasteiger partial charge in [-0.15, -0.1) is 0 Å². The normalized spacial score (nSPS) is 26.5. The summed E-state index contributed by atoms with van der Waals surface area (Å²) in [6, 6.07) is 6.48. The zero-order valence-electron chi connectivity index (χ0n) is 17.2. The topological polar surface area (TPSA) is 105 Å². The molecule has 3 rings (SSSR count). The monoisotopic (exact) mass is 424 g/mol. The van der Waals surface area contributed by atoms with Crippen LogP contribution in [0.3, 0.4) is 0 Å². The second kappa shape index (κ2) is 9.53. The minimum absolute atomic E-state index is 0.0103. The van der Waals surface area contributed by atoms with Crippen molar-refractivity contribution < 1.29 is 17.9 Å². The van der Waals surface area contributed by atoms with Crippen LogP contribution in [0.1, 0.15) is 33.1 Å². The number of hydrogen-bond acceptors (Lipinski definition) is 6. The van der Waals surface area contributed by atoms with E-state index in [-0.39, 0.29) is 23.0 Å². The van der Waals surface area contributed by atoms with E-state index < -0.39 is 10.0 Å². The Kier molecular flexibility index (Phi) is 7.28. The van der Waals surface area contributed by atoms with Crippen LogP contribution >= 0.6 is 0 Å². The molecule has 2 heterocycles. The summed E-state index contributed by atoms with van der Waals surface area (Å²) in [4.78, 5) is 17.2. The number of nitrogens with zero attached hydrogens (tertiary/aromatic N) is 2. The number of carbonyl (C=O) groups excluding carboxylic acids is 1. The number of primary sulfonamides is 1. The fourth-order valence-corrected chi connectivity index (χ4v) is 4.91. The molecule has 0 aliphatic carbocycles. The second-order valence-corrected chi connectivity index (χ2v) is 9.74. The third-order valence-corrected chi connectivity index (χ3v) is 6.45. The largest absolute Gasteiger partial charge is 0.373 e. The molecule has 1 amide bonds. The summed E-state index contributed by atoms with van der Waals surface area (Å²) in [5, 5.41) is 7.92. The van der Waals surface area contributed by atoms with Gasteiger partial charge in [0, 0.05) is 44.3 Å². The average molecular weight is 425 g/mol. The van der Waals surface area contributed by atoms with Crippen LogP contribution in [0.25, 0.3) is 0 Å². The zero-order valence-corrected chi connectivity index (χ0v) is 18.0. The first-order chi connectivity index (χ1) is 13.7. The molecular formula is C20H32N4O4S. The highest BCUT2D eigenvalue weighted by atomic mass is 32.2. The molecule has 0 aromatic heterocycles. The molecule has 2 aliphatic heterocycles. The lowest BCUT2D eigenvalue weighted by molar-refractivity contribution is -0.116. The molecule has 0 radical (unpaired) electrons. The molecule has 0 bridgehead atoms. The Bertz CT molecular complexity index is 806. The number of rotatable bonds is 7. The zero-order chi connectivity index (χ0) is 21.0. The number of sulfonamides is 1.